The van der Waals surface area contributed by atoms with Crippen LogP contribution in [0.1, 0.15) is 39.5 Å². The van der Waals surface area contributed by atoms with E-state index < -0.39 is 0 Å². The van der Waals surface area contributed by atoms with Crippen molar-refractivity contribution in [2.45, 2.75) is 51.7 Å². The minimum absolute atomic E-state index is 0.166. The largest absolute Gasteiger partial charge is 0.393 e. The van der Waals surface area contributed by atoms with Gasteiger partial charge in [-0.25, -0.2) is 0 Å². The predicted octanol–water partition coefficient (Wildman–Crippen LogP) is 2.74. The van der Waals surface area contributed by atoms with E-state index in [9.17, 15) is 5.11 Å². The van der Waals surface area contributed by atoms with Crippen LogP contribution >= 0.6 is 0 Å². The molecule has 2 nitrogen and oxygen atoms in total. The van der Waals surface area contributed by atoms with Crippen molar-refractivity contribution in [1.29, 1.82) is 0 Å². The fourth-order valence-electron chi connectivity index (χ4n) is 2.85. The van der Waals surface area contributed by atoms with Crippen LogP contribution in [0.25, 0.3) is 0 Å². The van der Waals surface area contributed by atoms with Crippen LogP contribution in [0.5, 0.6) is 0 Å². The smallest absolute Gasteiger partial charge is 0.0512 e. The lowest BCUT2D eigenvalue weighted by atomic mass is 9.98. The molecular formula is C15H25NO. The molecule has 96 valence electrons. The molecule has 0 saturated carbocycles. The Morgan fingerprint density at radius 1 is 1.47 bits per heavy atom. The summed E-state index contributed by atoms with van der Waals surface area (Å²) >= 11 is 0. The molecule has 1 N–H and O–H groups in total. The van der Waals surface area contributed by atoms with Crippen molar-refractivity contribution in [2.24, 2.45) is 5.92 Å². The predicted molar refractivity (Wildman–Crippen MR) is 71.9 cm³/mol. The van der Waals surface area contributed by atoms with Gasteiger partial charge in [0.1, 0.15) is 0 Å². The first-order chi connectivity index (χ1) is 8.15. The van der Waals surface area contributed by atoms with Crippen LogP contribution in [0.4, 0.5) is 0 Å². The lowest BCUT2D eigenvalue weighted by Gasteiger charge is -2.27. The summed E-state index contributed by atoms with van der Waals surface area (Å²) in [5, 5.41) is 9.29. The number of hydrogen-bond acceptors (Lipinski definition) is 2. The van der Waals surface area contributed by atoms with E-state index in [2.05, 4.69) is 30.1 Å². The number of aliphatic hydroxyl groups excluding tert-OH is 1. The average Bonchev–Trinajstić information content (AvgIpc) is 2.73. The number of nitrogens with zero attached hydrogens (tertiary/aromatic N) is 1. The monoisotopic (exact) mass is 235 g/mol. The molecule has 0 bridgehead atoms. The number of allylic oxidation sites excluding steroid dienone is 1. The van der Waals surface area contributed by atoms with Crippen LogP contribution in [0, 0.1) is 5.92 Å². The molecule has 1 unspecified atom stereocenters. The van der Waals surface area contributed by atoms with Crippen LogP contribution in [0.3, 0.4) is 0 Å². The van der Waals surface area contributed by atoms with Gasteiger partial charge in [-0.15, -0.1) is 0 Å². The summed E-state index contributed by atoms with van der Waals surface area (Å²) < 4.78 is 0. The Morgan fingerprint density at radius 3 is 3.06 bits per heavy atom. The van der Waals surface area contributed by atoms with Gasteiger partial charge in [-0.2, -0.15) is 0 Å². The molecule has 1 saturated heterocycles. The zero-order valence-corrected chi connectivity index (χ0v) is 11.1. The maximum atomic E-state index is 9.29. The second-order valence-corrected chi connectivity index (χ2v) is 5.68. The van der Waals surface area contributed by atoms with Gasteiger partial charge in [0.15, 0.2) is 0 Å². The highest BCUT2D eigenvalue weighted by Crippen LogP contribution is 2.25. The molecule has 0 amide bonds. The van der Waals surface area contributed by atoms with Gasteiger partial charge in [0.2, 0.25) is 0 Å². The maximum Gasteiger partial charge on any atom is 0.0512 e. The number of fused-ring (bicyclic) bond motifs is 1. The molecule has 0 aromatic rings. The van der Waals surface area contributed by atoms with E-state index in [0.717, 1.165) is 19.4 Å². The lowest BCUT2D eigenvalue weighted by molar-refractivity contribution is 0.177. The molecule has 3 atom stereocenters. The van der Waals surface area contributed by atoms with Gasteiger partial charge >= 0.3 is 0 Å². The van der Waals surface area contributed by atoms with Crippen molar-refractivity contribution < 1.29 is 5.11 Å². The molecular weight excluding hydrogens is 210 g/mol. The van der Waals surface area contributed by atoms with Gasteiger partial charge in [0.25, 0.3) is 0 Å². The van der Waals surface area contributed by atoms with Gasteiger partial charge in [0, 0.05) is 12.6 Å². The molecule has 0 aliphatic carbocycles. The fourth-order valence-corrected chi connectivity index (χ4v) is 2.85. The van der Waals surface area contributed by atoms with Crippen LogP contribution < -0.4 is 0 Å². The SMILES string of the molecule is CC(O)CC[C@@H](C)/C=C1\C=C[C@@H]2CCCN2C1. The molecule has 17 heavy (non-hydrogen) atoms. The average molecular weight is 235 g/mol. The van der Waals surface area contributed by atoms with Crippen molar-refractivity contribution in [2.75, 3.05) is 13.1 Å². The van der Waals surface area contributed by atoms with Crippen molar-refractivity contribution in [3.8, 4) is 0 Å². The van der Waals surface area contributed by atoms with E-state index in [-0.39, 0.29) is 6.10 Å². The summed E-state index contributed by atoms with van der Waals surface area (Å²) in [5.74, 6) is 0.573. The van der Waals surface area contributed by atoms with Crippen molar-refractivity contribution >= 4 is 0 Å². The van der Waals surface area contributed by atoms with E-state index in [1.807, 2.05) is 6.92 Å². The zero-order valence-electron chi connectivity index (χ0n) is 11.1. The van der Waals surface area contributed by atoms with Crippen molar-refractivity contribution in [1.82, 2.24) is 4.90 Å². The Kier molecular flexibility index (Phi) is 4.41. The van der Waals surface area contributed by atoms with Gasteiger partial charge < -0.3 is 5.11 Å². The fraction of sp³-hybridized carbons (Fsp3) is 0.733. The molecule has 0 aromatic carbocycles. The summed E-state index contributed by atoms with van der Waals surface area (Å²) in [6, 6.07) is 0.708. The summed E-state index contributed by atoms with van der Waals surface area (Å²) in [6.07, 6.45) is 11.6. The molecule has 0 radical (unpaired) electrons. The number of aliphatic hydroxyl groups is 1. The van der Waals surface area contributed by atoms with Gasteiger partial charge in [-0.1, -0.05) is 25.2 Å². The topological polar surface area (TPSA) is 23.5 Å². The zero-order chi connectivity index (χ0) is 12.3. The summed E-state index contributed by atoms with van der Waals surface area (Å²) in [4.78, 5) is 2.58. The first-order valence-corrected chi connectivity index (χ1v) is 6.96. The highest BCUT2D eigenvalue weighted by molar-refractivity contribution is 5.27. The maximum absolute atomic E-state index is 9.29. The third kappa shape index (κ3) is 3.68. The Balaban J connectivity index is 1.87. The van der Waals surface area contributed by atoms with Crippen LogP contribution in [-0.4, -0.2) is 35.2 Å². The Labute approximate surface area is 105 Å². The second kappa shape index (κ2) is 5.83. The van der Waals surface area contributed by atoms with Crippen LogP contribution in [-0.2, 0) is 0 Å². The summed E-state index contributed by atoms with van der Waals surface area (Å²) in [6.45, 7) is 6.50. The molecule has 2 aliphatic heterocycles. The summed E-state index contributed by atoms with van der Waals surface area (Å²) in [7, 11) is 0. The van der Waals surface area contributed by atoms with E-state index in [4.69, 9.17) is 0 Å². The minimum atomic E-state index is -0.166. The van der Waals surface area contributed by atoms with E-state index >= 15 is 0 Å². The quantitative estimate of drug-likeness (QED) is 0.810. The third-order valence-electron chi connectivity index (χ3n) is 3.87. The normalized spacial score (nSPS) is 30.5. The Bertz CT molecular complexity index is 306. The number of hydrogen-bond donors (Lipinski definition) is 1. The van der Waals surface area contributed by atoms with Crippen molar-refractivity contribution in [3.05, 3.63) is 23.8 Å². The molecule has 2 heteroatoms. The molecule has 0 spiro atoms. The Morgan fingerprint density at radius 2 is 2.29 bits per heavy atom. The van der Waals surface area contributed by atoms with Gasteiger partial charge in [-0.3, -0.25) is 4.90 Å². The van der Waals surface area contributed by atoms with Crippen molar-refractivity contribution in [3.63, 3.8) is 0 Å². The number of rotatable bonds is 4. The molecule has 2 rings (SSSR count). The lowest BCUT2D eigenvalue weighted by Crippen LogP contribution is -2.32. The first kappa shape index (κ1) is 12.8. The minimum Gasteiger partial charge on any atom is -0.393 e. The van der Waals surface area contributed by atoms with E-state index in [1.165, 1.54) is 25.0 Å². The first-order valence-electron chi connectivity index (χ1n) is 6.96. The second-order valence-electron chi connectivity index (χ2n) is 5.68. The molecule has 0 aromatic heterocycles. The summed E-state index contributed by atoms with van der Waals surface area (Å²) in [5.41, 5.74) is 1.46. The Hall–Kier alpha value is -0.600. The van der Waals surface area contributed by atoms with Gasteiger partial charge in [-0.05, 0) is 50.6 Å². The highest BCUT2D eigenvalue weighted by Gasteiger charge is 2.25. The van der Waals surface area contributed by atoms with Crippen LogP contribution in [0.2, 0.25) is 0 Å². The van der Waals surface area contributed by atoms with E-state index in [1.54, 1.807) is 0 Å². The highest BCUT2D eigenvalue weighted by atomic mass is 16.3. The third-order valence-corrected chi connectivity index (χ3v) is 3.87. The van der Waals surface area contributed by atoms with Gasteiger partial charge in [0.05, 0.1) is 6.10 Å². The molecule has 2 aliphatic rings. The standard InChI is InChI=1S/C15H25NO/c1-12(5-6-13(2)17)10-14-7-8-15-4-3-9-16(15)11-14/h7-8,10,12-13,15,17H,3-6,9,11H2,1-2H3/b14-10+/t12-,13?,15+/m1/s1. The molecule has 1 fully saturated rings. The molecule has 2 heterocycles. The van der Waals surface area contributed by atoms with Crippen LogP contribution in [0.15, 0.2) is 23.8 Å². The van der Waals surface area contributed by atoms with E-state index in [0.29, 0.717) is 12.0 Å².